The molecular weight excluding hydrogens is 276 g/mol. The van der Waals surface area contributed by atoms with E-state index in [0.29, 0.717) is 16.3 Å². The van der Waals surface area contributed by atoms with Gasteiger partial charge in [-0.3, -0.25) is 4.98 Å². The molecule has 2 atom stereocenters. The maximum Gasteiger partial charge on any atom is 0.124 e. The Balaban J connectivity index is 2.38. The number of pyridine rings is 1. The molecule has 0 radical (unpaired) electrons. The Bertz CT molecular complexity index is 563. The first-order valence-electron chi connectivity index (χ1n) is 6.30. The molecule has 0 aliphatic carbocycles. The SMILES string of the molecule is COc1ccc(Cl)cc1C(O)C(CN)c1ccccn1. The summed E-state index contributed by atoms with van der Waals surface area (Å²) in [6.07, 6.45) is 0.850. The van der Waals surface area contributed by atoms with Crippen LogP contribution < -0.4 is 10.5 Å². The number of ether oxygens (including phenoxy) is 1. The summed E-state index contributed by atoms with van der Waals surface area (Å²) >= 11 is 6.00. The van der Waals surface area contributed by atoms with Crippen LogP contribution in [-0.2, 0) is 0 Å². The van der Waals surface area contributed by atoms with Gasteiger partial charge in [0.25, 0.3) is 0 Å². The fourth-order valence-electron chi connectivity index (χ4n) is 2.16. The van der Waals surface area contributed by atoms with Crippen molar-refractivity contribution in [1.82, 2.24) is 4.98 Å². The summed E-state index contributed by atoms with van der Waals surface area (Å²) in [4.78, 5) is 4.26. The average Bonchev–Trinajstić information content (AvgIpc) is 2.49. The standard InChI is InChI=1S/C15H17ClN2O2/c1-20-14-6-5-10(16)8-11(14)15(19)12(9-17)13-4-2-3-7-18-13/h2-8,12,15,19H,9,17H2,1H3. The molecule has 0 bridgehead atoms. The van der Waals surface area contributed by atoms with E-state index >= 15 is 0 Å². The number of halogens is 1. The van der Waals surface area contributed by atoms with Crippen LogP contribution in [0.5, 0.6) is 5.75 Å². The van der Waals surface area contributed by atoms with E-state index in [1.54, 1.807) is 31.5 Å². The molecule has 1 heterocycles. The third-order valence-corrected chi connectivity index (χ3v) is 3.45. The van der Waals surface area contributed by atoms with Gasteiger partial charge in [-0.1, -0.05) is 17.7 Å². The van der Waals surface area contributed by atoms with Crippen LogP contribution in [0.4, 0.5) is 0 Å². The Hall–Kier alpha value is -1.62. The molecule has 3 N–H and O–H groups in total. The highest BCUT2D eigenvalue weighted by Gasteiger charge is 2.25. The maximum atomic E-state index is 10.6. The topological polar surface area (TPSA) is 68.4 Å². The molecule has 2 aromatic rings. The fraction of sp³-hybridized carbons (Fsp3) is 0.267. The Labute approximate surface area is 123 Å². The lowest BCUT2D eigenvalue weighted by molar-refractivity contribution is 0.142. The third-order valence-electron chi connectivity index (χ3n) is 3.21. The van der Waals surface area contributed by atoms with Crippen molar-refractivity contribution < 1.29 is 9.84 Å². The number of benzene rings is 1. The van der Waals surface area contributed by atoms with Gasteiger partial charge in [-0.25, -0.2) is 0 Å². The molecule has 0 amide bonds. The van der Waals surface area contributed by atoms with Gasteiger partial charge in [-0.05, 0) is 30.3 Å². The molecule has 0 saturated heterocycles. The number of hydrogen-bond acceptors (Lipinski definition) is 4. The van der Waals surface area contributed by atoms with Crippen LogP contribution in [0.1, 0.15) is 23.3 Å². The number of nitrogens with zero attached hydrogens (tertiary/aromatic N) is 1. The predicted octanol–water partition coefficient (Wildman–Crippen LogP) is 2.52. The molecule has 4 nitrogen and oxygen atoms in total. The van der Waals surface area contributed by atoms with Crippen LogP contribution in [0.3, 0.4) is 0 Å². The highest BCUT2D eigenvalue weighted by Crippen LogP contribution is 2.35. The lowest BCUT2D eigenvalue weighted by Crippen LogP contribution is -2.21. The number of methoxy groups -OCH3 is 1. The van der Waals surface area contributed by atoms with Crippen LogP contribution in [-0.4, -0.2) is 23.7 Å². The van der Waals surface area contributed by atoms with Gasteiger partial charge >= 0.3 is 0 Å². The molecule has 5 heteroatoms. The Morgan fingerprint density at radius 2 is 2.15 bits per heavy atom. The molecule has 1 aromatic carbocycles. The molecule has 20 heavy (non-hydrogen) atoms. The van der Waals surface area contributed by atoms with Crippen LogP contribution in [0, 0.1) is 0 Å². The molecule has 0 saturated carbocycles. The second kappa shape index (κ2) is 6.70. The summed E-state index contributed by atoms with van der Waals surface area (Å²) < 4.78 is 5.27. The Morgan fingerprint density at radius 1 is 1.35 bits per heavy atom. The Morgan fingerprint density at radius 3 is 2.75 bits per heavy atom. The first-order valence-corrected chi connectivity index (χ1v) is 6.67. The van der Waals surface area contributed by atoms with Crippen molar-refractivity contribution in [3.05, 3.63) is 58.9 Å². The van der Waals surface area contributed by atoms with Gasteiger partial charge in [-0.15, -0.1) is 0 Å². The summed E-state index contributed by atoms with van der Waals surface area (Å²) in [6, 6.07) is 10.7. The molecule has 2 unspecified atom stereocenters. The van der Waals surface area contributed by atoms with E-state index in [1.807, 2.05) is 18.2 Å². The normalized spacial score (nSPS) is 13.8. The van der Waals surface area contributed by atoms with E-state index in [4.69, 9.17) is 22.1 Å². The quantitative estimate of drug-likeness (QED) is 0.888. The minimum absolute atomic E-state index is 0.272. The van der Waals surface area contributed by atoms with E-state index in [0.717, 1.165) is 5.69 Å². The number of rotatable bonds is 5. The zero-order valence-electron chi connectivity index (χ0n) is 11.2. The van der Waals surface area contributed by atoms with E-state index in [-0.39, 0.29) is 12.5 Å². The van der Waals surface area contributed by atoms with Crippen molar-refractivity contribution in [3.8, 4) is 5.75 Å². The molecule has 1 aromatic heterocycles. The molecule has 106 valence electrons. The van der Waals surface area contributed by atoms with Gasteiger partial charge in [0.2, 0.25) is 0 Å². The lowest BCUT2D eigenvalue weighted by Gasteiger charge is -2.23. The zero-order valence-corrected chi connectivity index (χ0v) is 11.9. The number of nitrogens with two attached hydrogens (primary N) is 1. The second-order valence-corrected chi connectivity index (χ2v) is 4.86. The highest BCUT2D eigenvalue weighted by atomic mass is 35.5. The summed E-state index contributed by atoms with van der Waals surface area (Å²) in [5.74, 6) is 0.264. The van der Waals surface area contributed by atoms with Gasteiger partial charge in [-0.2, -0.15) is 0 Å². The fourth-order valence-corrected chi connectivity index (χ4v) is 2.34. The molecule has 2 rings (SSSR count). The molecular formula is C15H17ClN2O2. The van der Waals surface area contributed by atoms with Crippen LogP contribution in [0.25, 0.3) is 0 Å². The van der Waals surface area contributed by atoms with E-state index in [1.165, 1.54) is 0 Å². The predicted molar refractivity (Wildman–Crippen MR) is 79.0 cm³/mol. The third kappa shape index (κ3) is 3.10. The lowest BCUT2D eigenvalue weighted by atomic mass is 9.92. The Kier molecular flexibility index (Phi) is 4.95. The van der Waals surface area contributed by atoms with Gasteiger partial charge in [0.1, 0.15) is 5.75 Å². The van der Waals surface area contributed by atoms with Crippen molar-refractivity contribution >= 4 is 11.6 Å². The van der Waals surface area contributed by atoms with Crippen molar-refractivity contribution in [2.45, 2.75) is 12.0 Å². The van der Waals surface area contributed by atoms with Gasteiger partial charge in [0.15, 0.2) is 0 Å². The van der Waals surface area contributed by atoms with Gasteiger partial charge < -0.3 is 15.6 Å². The molecule has 0 fully saturated rings. The molecule has 0 spiro atoms. The van der Waals surface area contributed by atoms with E-state index in [9.17, 15) is 5.11 Å². The molecule has 0 aliphatic rings. The summed E-state index contributed by atoms with van der Waals surface area (Å²) in [5, 5.41) is 11.2. The van der Waals surface area contributed by atoms with Gasteiger partial charge in [0.05, 0.1) is 13.2 Å². The minimum atomic E-state index is -0.830. The van der Waals surface area contributed by atoms with Gasteiger partial charge in [0, 0.05) is 34.9 Å². The second-order valence-electron chi connectivity index (χ2n) is 4.43. The van der Waals surface area contributed by atoms with Crippen molar-refractivity contribution in [3.63, 3.8) is 0 Å². The minimum Gasteiger partial charge on any atom is -0.496 e. The molecule has 0 aliphatic heterocycles. The largest absolute Gasteiger partial charge is 0.496 e. The van der Waals surface area contributed by atoms with Crippen LogP contribution in [0.2, 0.25) is 5.02 Å². The first kappa shape index (κ1) is 14.8. The van der Waals surface area contributed by atoms with Crippen molar-refractivity contribution in [2.75, 3.05) is 13.7 Å². The monoisotopic (exact) mass is 292 g/mol. The number of aliphatic hydroxyl groups excluding tert-OH is 1. The number of aromatic nitrogens is 1. The van der Waals surface area contributed by atoms with Crippen LogP contribution >= 0.6 is 11.6 Å². The summed E-state index contributed by atoms with van der Waals surface area (Å²) in [7, 11) is 1.55. The average molecular weight is 293 g/mol. The first-order chi connectivity index (χ1) is 9.67. The van der Waals surface area contributed by atoms with Crippen molar-refractivity contribution in [2.24, 2.45) is 5.73 Å². The maximum absolute atomic E-state index is 10.6. The van der Waals surface area contributed by atoms with Crippen LogP contribution in [0.15, 0.2) is 42.6 Å². The van der Waals surface area contributed by atoms with E-state index in [2.05, 4.69) is 4.98 Å². The summed E-state index contributed by atoms with van der Waals surface area (Å²) in [5.41, 5.74) is 7.15. The van der Waals surface area contributed by atoms with E-state index < -0.39 is 6.10 Å². The highest BCUT2D eigenvalue weighted by molar-refractivity contribution is 6.30. The summed E-state index contributed by atoms with van der Waals surface area (Å²) in [6.45, 7) is 0.272. The smallest absolute Gasteiger partial charge is 0.124 e. The number of hydrogen-bond donors (Lipinski definition) is 2. The zero-order chi connectivity index (χ0) is 14.5. The number of aliphatic hydroxyl groups is 1. The van der Waals surface area contributed by atoms with Crippen molar-refractivity contribution in [1.29, 1.82) is 0 Å².